The third-order valence-electron chi connectivity index (χ3n) is 3.11. The van der Waals surface area contributed by atoms with Crippen LogP contribution in [0.15, 0.2) is 12.3 Å². The zero-order chi connectivity index (χ0) is 14.8. The largest absolute Gasteiger partial charge is 0.364 e. The van der Waals surface area contributed by atoms with Crippen molar-refractivity contribution in [3.8, 4) is 6.07 Å². The van der Waals surface area contributed by atoms with E-state index in [9.17, 15) is 18.5 Å². The van der Waals surface area contributed by atoms with Crippen LogP contribution < -0.4 is 5.32 Å². The Bertz CT molecular complexity index is 680. The number of nitro groups is 1. The first-order valence-corrected chi connectivity index (χ1v) is 7.73. The molecule has 0 amide bonds. The first kappa shape index (κ1) is 14.2. The molecule has 20 heavy (non-hydrogen) atoms. The minimum Gasteiger partial charge on any atom is -0.364 e. The summed E-state index contributed by atoms with van der Waals surface area (Å²) in [6, 6.07) is 3.01. The molecule has 0 saturated carbocycles. The molecule has 9 heteroatoms. The van der Waals surface area contributed by atoms with Gasteiger partial charge in [-0.05, 0) is 18.4 Å². The number of hydrogen-bond acceptors (Lipinski definition) is 7. The standard InChI is InChI=1S/C11H12N4O4S/c12-5-9-1-3-13-11(10(9)15(16)17)14-6-8-2-4-20(18,19)7-8/h1,3,8H,2,4,6-7H2,(H,13,14). The highest BCUT2D eigenvalue weighted by Crippen LogP contribution is 2.27. The fourth-order valence-corrected chi connectivity index (χ4v) is 3.99. The van der Waals surface area contributed by atoms with Crippen LogP contribution in [-0.2, 0) is 9.84 Å². The molecular formula is C11H12N4O4S. The van der Waals surface area contributed by atoms with Crippen molar-refractivity contribution in [1.82, 2.24) is 4.98 Å². The van der Waals surface area contributed by atoms with Gasteiger partial charge >= 0.3 is 5.69 Å². The van der Waals surface area contributed by atoms with Gasteiger partial charge in [0.2, 0.25) is 5.82 Å². The van der Waals surface area contributed by atoms with Crippen molar-refractivity contribution in [3.63, 3.8) is 0 Å². The topological polar surface area (TPSA) is 126 Å². The van der Waals surface area contributed by atoms with Gasteiger partial charge in [-0.25, -0.2) is 13.4 Å². The summed E-state index contributed by atoms with van der Waals surface area (Å²) in [5.41, 5.74) is -0.456. The van der Waals surface area contributed by atoms with Crippen molar-refractivity contribution in [2.45, 2.75) is 6.42 Å². The van der Waals surface area contributed by atoms with Gasteiger partial charge in [-0.2, -0.15) is 5.26 Å². The van der Waals surface area contributed by atoms with Gasteiger partial charge in [-0.1, -0.05) is 0 Å². The van der Waals surface area contributed by atoms with Gasteiger partial charge in [-0.15, -0.1) is 0 Å². The number of aromatic nitrogens is 1. The van der Waals surface area contributed by atoms with E-state index in [0.29, 0.717) is 6.42 Å². The first-order chi connectivity index (χ1) is 9.43. The highest BCUT2D eigenvalue weighted by atomic mass is 32.2. The Morgan fingerprint density at radius 2 is 2.35 bits per heavy atom. The molecule has 0 radical (unpaired) electrons. The number of rotatable bonds is 4. The smallest absolute Gasteiger partial charge is 0.328 e. The summed E-state index contributed by atoms with van der Waals surface area (Å²) in [4.78, 5) is 14.2. The highest BCUT2D eigenvalue weighted by molar-refractivity contribution is 7.91. The number of hydrogen-bond donors (Lipinski definition) is 1. The Kier molecular flexibility index (Phi) is 3.85. The predicted octanol–water partition coefficient (Wildman–Crippen LogP) is 0.708. The molecule has 2 heterocycles. The maximum absolute atomic E-state index is 11.3. The third-order valence-corrected chi connectivity index (χ3v) is 4.95. The molecule has 0 aromatic carbocycles. The second-order valence-corrected chi connectivity index (χ2v) is 6.80. The van der Waals surface area contributed by atoms with Gasteiger partial charge in [0.1, 0.15) is 11.6 Å². The number of nitriles is 1. The second kappa shape index (κ2) is 5.42. The molecule has 106 valence electrons. The first-order valence-electron chi connectivity index (χ1n) is 5.91. The lowest BCUT2D eigenvalue weighted by Gasteiger charge is -2.10. The minimum atomic E-state index is -2.99. The molecule has 1 saturated heterocycles. The van der Waals surface area contributed by atoms with Crippen molar-refractivity contribution in [2.75, 3.05) is 23.4 Å². The van der Waals surface area contributed by atoms with Crippen molar-refractivity contribution >= 4 is 21.3 Å². The van der Waals surface area contributed by atoms with Gasteiger partial charge in [0.05, 0.1) is 16.4 Å². The Hall–Kier alpha value is -2.21. The summed E-state index contributed by atoms with van der Waals surface area (Å²) in [6.45, 7) is 0.280. The molecule has 1 N–H and O–H groups in total. The van der Waals surface area contributed by atoms with E-state index in [-0.39, 0.29) is 41.0 Å². The van der Waals surface area contributed by atoms with Crippen molar-refractivity contribution in [1.29, 1.82) is 5.26 Å². The Balaban J connectivity index is 2.15. The van der Waals surface area contributed by atoms with E-state index in [0.717, 1.165) is 0 Å². The number of sulfone groups is 1. The monoisotopic (exact) mass is 296 g/mol. The summed E-state index contributed by atoms with van der Waals surface area (Å²) >= 11 is 0. The average molecular weight is 296 g/mol. The van der Waals surface area contributed by atoms with E-state index >= 15 is 0 Å². The van der Waals surface area contributed by atoms with Gasteiger partial charge in [0.15, 0.2) is 9.84 Å². The molecule has 1 aromatic rings. The minimum absolute atomic E-state index is 0.00153. The van der Waals surface area contributed by atoms with Gasteiger partial charge < -0.3 is 5.32 Å². The van der Waals surface area contributed by atoms with Crippen molar-refractivity contribution in [2.24, 2.45) is 5.92 Å². The maximum Gasteiger partial charge on any atom is 0.328 e. The van der Waals surface area contributed by atoms with E-state index < -0.39 is 14.8 Å². The summed E-state index contributed by atoms with van der Waals surface area (Å²) in [5, 5.41) is 22.6. The van der Waals surface area contributed by atoms with Crippen LogP contribution in [0.5, 0.6) is 0 Å². The molecular weight excluding hydrogens is 284 g/mol. The van der Waals surface area contributed by atoms with E-state index in [1.807, 2.05) is 0 Å². The summed E-state index contributed by atoms with van der Waals surface area (Å²) < 4.78 is 22.7. The molecule has 0 aliphatic carbocycles. The van der Waals surface area contributed by atoms with E-state index in [1.54, 1.807) is 6.07 Å². The van der Waals surface area contributed by atoms with Gasteiger partial charge in [0, 0.05) is 12.7 Å². The summed E-state index contributed by atoms with van der Waals surface area (Å²) in [7, 11) is -2.99. The van der Waals surface area contributed by atoms with Crippen LogP contribution in [0.4, 0.5) is 11.5 Å². The summed E-state index contributed by atoms with van der Waals surface area (Å²) in [5.74, 6) is 0.129. The predicted molar refractivity (Wildman–Crippen MR) is 70.9 cm³/mol. The number of nitrogens with zero attached hydrogens (tertiary/aromatic N) is 3. The highest BCUT2D eigenvalue weighted by Gasteiger charge is 2.29. The van der Waals surface area contributed by atoms with Crippen LogP contribution in [-0.4, -0.2) is 36.4 Å². The lowest BCUT2D eigenvalue weighted by atomic mass is 10.1. The van der Waals surface area contributed by atoms with Gasteiger partial charge in [0.25, 0.3) is 0 Å². The lowest BCUT2D eigenvalue weighted by molar-refractivity contribution is -0.384. The number of nitrogens with one attached hydrogen (secondary N) is 1. The van der Waals surface area contributed by atoms with Crippen LogP contribution in [0, 0.1) is 27.4 Å². The van der Waals surface area contributed by atoms with Crippen LogP contribution in [0.2, 0.25) is 0 Å². The molecule has 0 spiro atoms. The quantitative estimate of drug-likeness (QED) is 0.640. The van der Waals surface area contributed by atoms with Crippen LogP contribution in [0.25, 0.3) is 0 Å². The van der Waals surface area contributed by atoms with Crippen LogP contribution in [0.3, 0.4) is 0 Å². The van der Waals surface area contributed by atoms with Crippen molar-refractivity contribution in [3.05, 3.63) is 27.9 Å². The molecule has 1 aliphatic heterocycles. The lowest BCUT2D eigenvalue weighted by Crippen LogP contribution is -2.17. The molecule has 0 bridgehead atoms. The normalized spacial score (nSPS) is 20.2. The average Bonchev–Trinajstić information content (AvgIpc) is 2.75. The molecule has 1 fully saturated rings. The molecule has 1 aliphatic rings. The van der Waals surface area contributed by atoms with Crippen molar-refractivity contribution < 1.29 is 13.3 Å². The third kappa shape index (κ3) is 3.03. The number of pyridine rings is 1. The second-order valence-electron chi connectivity index (χ2n) is 4.57. The zero-order valence-electron chi connectivity index (χ0n) is 10.4. The molecule has 1 aromatic heterocycles. The molecule has 1 unspecified atom stereocenters. The Morgan fingerprint density at radius 3 is 2.90 bits per heavy atom. The van der Waals surface area contributed by atoms with Gasteiger partial charge in [-0.3, -0.25) is 10.1 Å². The Morgan fingerprint density at radius 1 is 1.60 bits per heavy atom. The summed E-state index contributed by atoms with van der Waals surface area (Å²) in [6.07, 6.45) is 1.83. The SMILES string of the molecule is N#Cc1ccnc(NCC2CCS(=O)(=O)C2)c1[N+](=O)[O-]. The Labute approximate surface area is 115 Å². The molecule has 1 atom stereocenters. The van der Waals surface area contributed by atoms with E-state index in [2.05, 4.69) is 10.3 Å². The maximum atomic E-state index is 11.3. The van der Waals surface area contributed by atoms with E-state index in [1.165, 1.54) is 12.3 Å². The molecule has 8 nitrogen and oxygen atoms in total. The fraction of sp³-hybridized carbons (Fsp3) is 0.455. The van der Waals surface area contributed by atoms with Crippen LogP contribution >= 0.6 is 0 Å². The van der Waals surface area contributed by atoms with E-state index in [4.69, 9.17) is 5.26 Å². The zero-order valence-corrected chi connectivity index (χ0v) is 11.3. The van der Waals surface area contributed by atoms with Crippen LogP contribution in [0.1, 0.15) is 12.0 Å². The number of anilines is 1. The fourth-order valence-electron chi connectivity index (χ4n) is 2.13. The molecule has 2 rings (SSSR count).